The van der Waals surface area contributed by atoms with E-state index in [4.69, 9.17) is 7.17 Å². The molecule has 0 unspecified atom stereocenters. The molecule has 0 radical (unpaired) electrons. The van der Waals surface area contributed by atoms with Crippen molar-refractivity contribution in [2.45, 2.75) is 45.5 Å². The minimum atomic E-state index is -2.47. The number of alkyl halides is 1. The summed E-state index contributed by atoms with van der Waals surface area (Å²) in [5.74, 6) is -1.43. The highest BCUT2D eigenvalue weighted by atomic mass is 79.9. The summed E-state index contributed by atoms with van der Waals surface area (Å²) in [7, 11) is -2.47. The van der Waals surface area contributed by atoms with Crippen LogP contribution in [0.5, 0.6) is 0 Å². The van der Waals surface area contributed by atoms with Crippen molar-refractivity contribution in [1.29, 1.82) is 0 Å². The van der Waals surface area contributed by atoms with E-state index in [1.165, 1.54) is 12.3 Å². The van der Waals surface area contributed by atoms with Gasteiger partial charge in [-0.15, -0.1) is 0 Å². The number of ketones is 1. The van der Waals surface area contributed by atoms with Crippen LogP contribution in [-0.4, -0.2) is 24.4 Å². The van der Waals surface area contributed by atoms with Crippen LogP contribution in [0.15, 0.2) is 12.3 Å². The van der Waals surface area contributed by atoms with Gasteiger partial charge in [0.05, 0.1) is 20.2 Å². The molecule has 0 amide bonds. The number of hydrogen-bond acceptors (Lipinski definition) is 3. The molecule has 0 N–H and O–H groups in total. The number of carbonyl (C=O) groups excluding carboxylic acids is 1. The third-order valence-corrected chi connectivity index (χ3v) is 8.25. The highest BCUT2D eigenvalue weighted by Crippen LogP contribution is 2.37. The summed E-state index contributed by atoms with van der Waals surface area (Å²) in [5.41, 5.74) is -0.672. The molecule has 1 aromatic heterocycles. The molecule has 0 saturated heterocycles. The highest BCUT2D eigenvalue weighted by molar-refractivity contribution is 9.09. The van der Waals surface area contributed by atoms with E-state index < -0.39 is 32.2 Å². The second kappa shape index (κ2) is 6.45. The van der Waals surface area contributed by atoms with Crippen molar-refractivity contribution >= 4 is 30.0 Å². The smallest absolute Gasteiger partial charge is 0.192 e. The number of carbonyl (C=O) groups is 1. The number of aromatic nitrogens is 1. The fourth-order valence-electron chi connectivity index (χ4n) is 1.13. The van der Waals surface area contributed by atoms with Gasteiger partial charge in [-0.2, -0.15) is 0 Å². The van der Waals surface area contributed by atoms with Crippen LogP contribution in [0.3, 0.4) is 0 Å². The van der Waals surface area contributed by atoms with Crippen LogP contribution >= 0.6 is 15.9 Å². The van der Waals surface area contributed by atoms with E-state index in [-0.39, 0.29) is 15.9 Å². The predicted molar refractivity (Wildman–Crippen MR) is 84.3 cm³/mol. The van der Waals surface area contributed by atoms with Gasteiger partial charge < -0.3 is 4.43 Å². The Bertz CT molecular complexity index is 576. The van der Waals surface area contributed by atoms with E-state index in [1.54, 1.807) is 0 Å². The maximum Gasteiger partial charge on any atom is 0.192 e. The molecule has 0 spiro atoms. The SMILES string of the molecule is [2H]C([2H])(O[Si](C)(C)C(C)(C)C)c1nccc(C(=O)CBr)c1F. The van der Waals surface area contributed by atoms with Gasteiger partial charge in [-0.25, -0.2) is 4.39 Å². The monoisotopic (exact) mass is 363 g/mol. The molecule has 20 heavy (non-hydrogen) atoms. The first-order valence-electron chi connectivity index (χ1n) is 7.28. The average Bonchev–Trinajstić information content (AvgIpc) is 2.35. The first-order chi connectivity index (χ1) is 9.83. The molecular formula is C14H21BrFNO2Si. The number of halogens is 2. The van der Waals surface area contributed by atoms with E-state index in [0.29, 0.717) is 0 Å². The topological polar surface area (TPSA) is 39.2 Å². The number of rotatable bonds is 5. The van der Waals surface area contributed by atoms with Crippen LogP contribution < -0.4 is 0 Å². The normalized spacial score (nSPS) is 14.8. The van der Waals surface area contributed by atoms with Crippen molar-refractivity contribution in [2.24, 2.45) is 0 Å². The molecule has 1 heterocycles. The molecular weight excluding hydrogens is 341 g/mol. The van der Waals surface area contributed by atoms with E-state index in [9.17, 15) is 9.18 Å². The maximum atomic E-state index is 14.5. The third kappa shape index (κ3) is 3.96. The molecule has 0 fully saturated rings. The summed E-state index contributed by atoms with van der Waals surface area (Å²) in [6.07, 6.45) is 1.22. The number of nitrogens with zero attached hydrogens (tertiary/aromatic N) is 1. The molecule has 0 atom stereocenters. The van der Waals surface area contributed by atoms with Gasteiger partial charge in [0.2, 0.25) is 0 Å². The van der Waals surface area contributed by atoms with Crippen molar-refractivity contribution in [3.05, 3.63) is 29.3 Å². The lowest BCUT2D eigenvalue weighted by Gasteiger charge is -2.36. The van der Waals surface area contributed by atoms with Gasteiger partial charge in [0.1, 0.15) is 5.69 Å². The summed E-state index contributed by atoms with van der Waals surface area (Å²) in [6.45, 7) is 7.24. The van der Waals surface area contributed by atoms with E-state index >= 15 is 0 Å². The van der Waals surface area contributed by atoms with E-state index in [0.717, 1.165) is 0 Å². The number of hydrogen-bond donors (Lipinski definition) is 0. The van der Waals surface area contributed by atoms with Gasteiger partial charge in [-0.3, -0.25) is 9.78 Å². The van der Waals surface area contributed by atoms with Crippen LogP contribution in [0.25, 0.3) is 0 Å². The fraction of sp³-hybridized carbons (Fsp3) is 0.571. The Balaban J connectivity index is 3.27. The van der Waals surface area contributed by atoms with Gasteiger partial charge in [0, 0.05) is 6.20 Å². The van der Waals surface area contributed by atoms with Crippen LogP contribution in [-0.2, 0) is 11.0 Å². The Kier molecular flexibility index (Phi) is 4.63. The summed E-state index contributed by atoms with van der Waals surface area (Å²) >= 11 is 2.98. The Morgan fingerprint density at radius 1 is 1.55 bits per heavy atom. The first kappa shape index (κ1) is 14.3. The summed E-state index contributed by atoms with van der Waals surface area (Å²) in [5, 5.41) is -0.278. The summed E-state index contributed by atoms with van der Waals surface area (Å²) < 4.78 is 36.3. The zero-order chi connectivity index (χ0) is 17.3. The van der Waals surface area contributed by atoms with Crippen LogP contribution in [0.2, 0.25) is 18.1 Å². The molecule has 0 saturated carbocycles. The second-order valence-electron chi connectivity index (χ2n) is 6.04. The minimum absolute atomic E-state index is 0.0422. The minimum Gasteiger partial charge on any atom is -0.411 e. The molecule has 0 aromatic carbocycles. The third-order valence-electron chi connectivity index (χ3n) is 3.52. The number of pyridine rings is 1. The highest BCUT2D eigenvalue weighted by Gasteiger charge is 2.37. The molecule has 0 aliphatic heterocycles. The molecule has 6 heteroatoms. The summed E-state index contributed by atoms with van der Waals surface area (Å²) in [4.78, 5) is 15.5. The lowest BCUT2D eigenvalue weighted by Crippen LogP contribution is -2.40. The van der Waals surface area contributed by atoms with Crippen molar-refractivity contribution < 1.29 is 16.4 Å². The van der Waals surface area contributed by atoms with E-state index in [2.05, 4.69) is 20.9 Å². The average molecular weight is 364 g/mol. The van der Waals surface area contributed by atoms with Crippen LogP contribution in [0, 0.1) is 5.82 Å². The fourth-order valence-corrected chi connectivity index (χ4v) is 2.09. The lowest BCUT2D eigenvalue weighted by atomic mass is 10.1. The summed E-state index contributed by atoms with van der Waals surface area (Å²) in [6, 6.07) is 1.24. The number of Topliss-reactive ketones (excluding diaryl/α,β-unsaturated/α-hetero) is 1. The molecule has 1 aromatic rings. The van der Waals surface area contributed by atoms with Crippen molar-refractivity contribution in [2.75, 3.05) is 5.33 Å². The Hall–Kier alpha value is -0.593. The van der Waals surface area contributed by atoms with E-state index in [1.807, 2.05) is 33.9 Å². The zero-order valence-electron chi connectivity index (χ0n) is 14.4. The quantitative estimate of drug-likeness (QED) is 0.444. The van der Waals surface area contributed by atoms with Crippen LogP contribution in [0.4, 0.5) is 4.39 Å². The van der Waals surface area contributed by atoms with Gasteiger partial charge in [-0.1, -0.05) is 36.7 Å². The second-order valence-corrected chi connectivity index (χ2v) is 11.3. The van der Waals surface area contributed by atoms with Crippen molar-refractivity contribution in [3.63, 3.8) is 0 Å². The predicted octanol–water partition coefficient (Wildman–Crippen LogP) is 4.32. The van der Waals surface area contributed by atoms with Crippen molar-refractivity contribution in [1.82, 2.24) is 4.98 Å². The zero-order valence-corrected chi connectivity index (χ0v) is 15.0. The molecule has 1 rings (SSSR count). The molecule has 0 bridgehead atoms. The largest absolute Gasteiger partial charge is 0.411 e. The maximum absolute atomic E-state index is 14.5. The molecule has 0 aliphatic rings. The van der Waals surface area contributed by atoms with Gasteiger partial charge in [0.15, 0.2) is 19.9 Å². The Labute approximate surface area is 132 Å². The molecule has 112 valence electrons. The van der Waals surface area contributed by atoms with Crippen LogP contribution in [0.1, 0.15) is 39.6 Å². The van der Waals surface area contributed by atoms with Gasteiger partial charge in [-0.05, 0) is 24.2 Å². The van der Waals surface area contributed by atoms with Gasteiger partial charge >= 0.3 is 0 Å². The molecule has 0 aliphatic carbocycles. The Morgan fingerprint density at radius 2 is 2.15 bits per heavy atom. The van der Waals surface area contributed by atoms with Crippen molar-refractivity contribution in [3.8, 4) is 0 Å². The van der Waals surface area contributed by atoms with Gasteiger partial charge in [0.25, 0.3) is 0 Å². The first-order valence-corrected chi connectivity index (χ1v) is 10.3. The Morgan fingerprint density at radius 3 is 2.65 bits per heavy atom. The lowest BCUT2D eigenvalue weighted by molar-refractivity contribution is 0.101. The molecule has 3 nitrogen and oxygen atoms in total. The standard InChI is InChI=1S/C14H21BrFNO2Si/c1-14(2,3)20(4,5)19-9-11-13(16)10(6-7-17-11)12(18)8-15/h6-7H,8-9H2,1-5H3/i9D2.